The zero-order valence-corrected chi connectivity index (χ0v) is 20.4. The van der Waals surface area contributed by atoms with Crippen LogP contribution >= 0.6 is 0 Å². The van der Waals surface area contributed by atoms with E-state index in [1.165, 1.54) is 16.8 Å². The first kappa shape index (κ1) is 23.3. The molecule has 2 fully saturated rings. The summed E-state index contributed by atoms with van der Waals surface area (Å²) in [4.78, 5) is 11.9. The maximum Gasteiger partial charge on any atom is 0.416 e. The van der Waals surface area contributed by atoms with E-state index >= 15 is 0 Å². The normalized spacial score (nSPS) is 19.8. The van der Waals surface area contributed by atoms with Crippen LogP contribution in [0.5, 0.6) is 0 Å². The minimum Gasteiger partial charge on any atom is -0.399 e. The van der Waals surface area contributed by atoms with E-state index in [-0.39, 0.29) is 17.2 Å². The standard InChI is InChI=1S/C27H30F3N5O/c1-14(16-6-17(27(28,29)30)8-18(31)7-16)32-25-22-9-23(35-12-26(13-35)10-19(36)11-26)20-4-3-5-21(20)24(22)33-15(2)34-25/h6-9,14,19,36H,3-5,10-13,31H2,1-2H3,(H,32,33,34)/t14-/m1/s1. The van der Waals surface area contributed by atoms with Crippen LogP contribution in [0.15, 0.2) is 24.3 Å². The molecule has 0 radical (unpaired) electrons. The molecule has 4 N–H and O–H groups in total. The summed E-state index contributed by atoms with van der Waals surface area (Å²) in [6.07, 6.45) is 0.129. The van der Waals surface area contributed by atoms with Crippen LogP contribution < -0.4 is 16.0 Å². The number of aliphatic hydroxyl groups is 1. The van der Waals surface area contributed by atoms with Gasteiger partial charge in [-0.2, -0.15) is 13.2 Å². The Labute approximate surface area is 207 Å². The highest BCUT2D eigenvalue weighted by Crippen LogP contribution is 2.51. The number of hydrogen-bond acceptors (Lipinski definition) is 6. The van der Waals surface area contributed by atoms with Crippen molar-refractivity contribution in [2.75, 3.05) is 29.0 Å². The van der Waals surface area contributed by atoms with Crippen molar-refractivity contribution in [2.24, 2.45) is 5.41 Å². The van der Waals surface area contributed by atoms with Crippen LogP contribution in [0.3, 0.4) is 0 Å². The second-order valence-electron chi connectivity index (χ2n) is 10.9. The van der Waals surface area contributed by atoms with E-state index in [0.29, 0.717) is 17.2 Å². The molecule has 36 heavy (non-hydrogen) atoms. The molecule has 9 heteroatoms. The van der Waals surface area contributed by atoms with Gasteiger partial charge in [-0.3, -0.25) is 0 Å². The van der Waals surface area contributed by atoms with Crippen LogP contribution in [0.25, 0.3) is 10.9 Å². The van der Waals surface area contributed by atoms with Crippen LogP contribution in [-0.2, 0) is 19.0 Å². The second-order valence-corrected chi connectivity index (χ2v) is 10.9. The van der Waals surface area contributed by atoms with Gasteiger partial charge in [0.2, 0.25) is 0 Å². The molecular weight excluding hydrogens is 467 g/mol. The Morgan fingerprint density at radius 1 is 1.11 bits per heavy atom. The third-order valence-electron chi connectivity index (χ3n) is 8.04. The Morgan fingerprint density at radius 3 is 2.53 bits per heavy atom. The Bertz CT molecular complexity index is 1360. The van der Waals surface area contributed by atoms with Gasteiger partial charge in [0.25, 0.3) is 0 Å². The number of anilines is 3. The number of hydrogen-bond donors (Lipinski definition) is 3. The summed E-state index contributed by atoms with van der Waals surface area (Å²) in [5.74, 6) is 1.24. The molecule has 1 saturated heterocycles. The first-order valence-electron chi connectivity index (χ1n) is 12.5. The number of aryl methyl sites for hydroxylation is 2. The molecule has 1 atom stereocenters. The molecule has 0 unspecified atom stereocenters. The topological polar surface area (TPSA) is 87.3 Å². The maximum atomic E-state index is 13.4. The molecule has 1 saturated carbocycles. The third-order valence-corrected chi connectivity index (χ3v) is 8.04. The van der Waals surface area contributed by atoms with Gasteiger partial charge in [0.05, 0.1) is 23.2 Å². The number of nitrogens with one attached hydrogen (secondary N) is 1. The van der Waals surface area contributed by atoms with Gasteiger partial charge in [0, 0.05) is 35.3 Å². The van der Waals surface area contributed by atoms with Crippen molar-refractivity contribution < 1.29 is 18.3 Å². The molecular formula is C27H30F3N5O. The van der Waals surface area contributed by atoms with Crippen molar-refractivity contribution in [3.8, 4) is 0 Å². The second kappa shape index (κ2) is 7.96. The minimum atomic E-state index is -4.47. The van der Waals surface area contributed by atoms with Crippen LogP contribution in [0.2, 0.25) is 0 Å². The number of halogens is 3. The third kappa shape index (κ3) is 3.84. The molecule has 2 aliphatic carbocycles. The number of aliphatic hydroxyl groups excluding tert-OH is 1. The number of nitrogens with zero attached hydrogens (tertiary/aromatic N) is 3. The highest BCUT2D eigenvalue weighted by atomic mass is 19.4. The number of benzene rings is 2. The van der Waals surface area contributed by atoms with Gasteiger partial charge in [0.1, 0.15) is 11.6 Å². The number of alkyl halides is 3. The van der Waals surface area contributed by atoms with Crippen LogP contribution in [0.4, 0.5) is 30.4 Å². The molecule has 190 valence electrons. The van der Waals surface area contributed by atoms with E-state index in [4.69, 9.17) is 10.7 Å². The number of nitrogens with two attached hydrogens (primary N) is 1. The van der Waals surface area contributed by atoms with E-state index in [9.17, 15) is 18.3 Å². The average molecular weight is 498 g/mol. The highest BCUT2D eigenvalue weighted by molar-refractivity contribution is 5.96. The predicted molar refractivity (Wildman–Crippen MR) is 134 cm³/mol. The average Bonchev–Trinajstić information content (AvgIpc) is 3.24. The molecule has 2 aromatic carbocycles. The fourth-order valence-electron chi connectivity index (χ4n) is 6.36. The predicted octanol–water partition coefficient (Wildman–Crippen LogP) is 5.16. The Balaban J connectivity index is 1.38. The number of rotatable bonds is 4. The number of nitrogen functional groups attached to an aromatic ring is 1. The molecule has 0 amide bonds. The first-order valence-corrected chi connectivity index (χ1v) is 12.5. The quantitative estimate of drug-likeness (QED) is 0.432. The molecule has 6 nitrogen and oxygen atoms in total. The summed E-state index contributed by atoms with van der Waals surface area (Å²) in [5, 5.41) is 14.1. The van der Waals surface area contributed by atoms with E-state index in [0.717, 1.165) is 68.2 Å². The lowest BCUT2D eigenvalue weighted by Crippen LogP contribution is -2.64. The molecule has 1 aromatic heterocycles. The first-order chi connectivity index (χ1) is 17.0. The van der Waals surface area contributed by atoms with Gasteiger partial charge < -0.3 is 21.1 Å². The SMILES string of the molecule is Cc1nc(N[C@H](C)c2cc(N)cc(C(F)(F)F)c2)c2cc(N3CC4(CC(O)C4)C3)c3c(c2n1)CCC3. The number of fused-ring (bicyclic) bond motifs is 3. The summed E-state index contributed by atoms with van der Waals surface area (Å²) in [5.41, 5.74) is 10.5. The lowest BCUT2D eigenvalue weighted by Gasteiger charge is -2.59. The van der Waals surface area contributed by atoms with Gasteiger partial charge in [0.15, 0.2) is 0 Å². The van der Waals surface area contributed by atoms with Crippen molar-refractivity contribution in [1.29, 1.82) is 0 Å². The molecule has 1 aliphatic heterocycles. The largest absolute Gasteiger partial charge is 0.416 e. The fourth-order valence-corrected chi connectivity index (χ4v) is 6.36. The smallest absolute Gasteiger partial charge is 0.399 e. The van der Waals surface area contributed by atoms with Crippen molar-refractivity contribution >= 4 is 28.1 Å². The molecule has 1 spiro atoms. The van der Waals surface area contributed by atoms with E-state index in [2.05, 4.69) is 21.3 Å². The van der Waals surface area contributed by atoms with Crippen LogP contribution in [-0.4, -0.2) is 34.3 Å². The fraction of sp³-hybridized carbons (Fsp3) is 0.481. The van der Waals surface area contributed by atoms with Gasteiger partial charge in [-0.05, 0) is 86.9 Å². The van der Waals surface area contributed by atoms with Gasteiger partial charge in [-0.1, -0.05) is 0 Å². The number of aromatic nitrogens is 2. The molecule has 3 aliphatic rings. The molecule has 2 heterocycles. The minimum absolute atomic E-state index is 0.0742. The summed E-state index contributed by atoms with van der Waals surface area (Å²) in [6, 6.07) is 5.36. The van der Waals surface area contributed by atoms with Gasteiger partial charge in [-0.25, -0.2) is 9.97 Å². The summed E-state index contributed by atoms with van der Waals surface area (Å²) in [7, 11) is 0. The van der Waals surface area contributed by atoms with E-state index in [1.54, 1.807) is 6.07 Å². The van der Waals surface area contributed by atoms with Crippen molar-refractivity contribution in [1.82, 2.24) is 9.97 Å². The van der Waals surface area contributed by atoms with Gasteiger partial charge in [-0.15, -0.1) is 0 Å². The highest BCUT2D eigenvalue weighted by Gasteiger charge is 2.52. The summed E-state index contributed by atoms with van der Waals surface area (Å²) < 4.78 is 40.1. The molecule has 0 bridgehead atoms. The zero-order valence-electron chi connectivity index (χ0n) is 20.4. The lowest BCUT2D eigenvalue weighted by molar-refractivity contribution is -0.137. The van der Waals surface area contributed by atoms with Crippen LogP contribution in [0, 0.1) is 12.3 Å². The molecule has 6 rings (SSSR count). The van der Waals surface area contributed by atoms with Gasteiger partial charge >= 0.3 is 6.18 Å². The van der Waals surface area contributed by atoms with Crippen LogP contribution in [0.1, 0.15) is 60.3 Å². The molecule has 3 aromatic rings. The Hall–Kier alpha value is -3.07. The zero-order chi connectivity index (χ0) is 25.4. The van der Waals surface area contributed by atoms with Crippen molar-refractivity contribution in [3.05, 3.63) is 52.3 Å². The Morgan fingerprint density at radius 2 is 1.83 bits per heavy atom. The maximum absolute atomic E-state index is 13.4. The monoisotopic (exact) mass is 497 g/mol. The lowest BCUT2D eigenvalue weighted by atomic mass is 9.61. The van der Waals surface area contributed by atoms with E-state index < -0.39 is 17.8 Å². The summed E-state index contributed by atoms with van der Waals surface area (Å²) in [6.45, 7) is 5.54. The van der Waals surface area contributed by atoms with Crippen molar-refractivity contribution in [3.63, 3.8) is 0 Å². The van der Waals surface area contributed by atoms with Crippen molar-refractivity contribution in [2.45, 2.75) is 64.3 Å². The summed E-state index contributed by atoms with van der Waals surface area (Å²) >= 11 is 0. The van der Waals surface area contributed by atoms with E-state index in [1.807, 2.05) is 13.8 Å². The Kier molecular flexibility index (Phi) is 5.16.